The van der Waals surface area contributed by atoms with E-state index in [4.69, 9.17) is 27.7 Å². The third kappa shape index (κ3) is 3.83. The van der Waals surface area contributed by atoms with Crippen molar-refractivity contribution in [2.75, 3.05) is 0 Å². The zero-order chi connectivity index (χ0) is 28.0. The molecule has 3 aromatic heterocycles. The number of allylic oxidation sites excluding steroid dienone is 1. The van der Waals surface area contributed by atoms with Crippen molar-refractivity contribution in [2.45, 2.75) is 38.1 Å². The molecule has 8 rings (SSSR count). The van der Waals surface area contributed by atoms with E-state index in [1.54, 1.807) is 33.6 Å². The summed E-state index contributed by atoms with van der Waals surface area (Å²) >= 11 is 12.4. The first-order valence-corrected chi connectivity index (χ1v) is 14.1. The first-order chi connectivity index (χ1) is 19.9. The van der Waals surface area contributed by atoms with Gasteiger partial charge in [0.25, 0.3) is 5.56 Å². The van der Waals surface area contributed by atoms with Gasteiger partial charge in [0.2, 0.25) is 5.95 Å². The predicted molar refractivity (Wildman–Crippen MR) is 154 cm³/mol. The van der Waals surface area contributed by atoms with Crippen molar-refractivity contribution in [3.63, 3.8) is 0 Å². The Bertz CT molecular complexity index is 2040. The molecule has 1 aliphatic carbocycles. The van der Waals surface area contributed by atoms with E-state index in [-0.39, 0.29) is 28.6 Å². The molecular formula is C30H21Cl2FN6O2. The summed E-state index contributed by atoms with van der Waals surface area (Å²) in [6, 6.07) is 14.3. The molecule has 1 saturated carbocycles. The van der Waals surface area contributed by atoms with Crippen molar-refractivity contribution in [2.24, 2.45) is 10.9 Å². The van der Waals surface area contributed by atoms with Crippen LogP contribution in [0.2, 0.25) is 10.2 Å². The normalized spacial score (nSPS) is 21.0. The van der Waals surface area contributed by atoms with Crippen LogP contribution in [-0.4, -0.2) is 30.4 Å². The average Bonchev–Trinajstić information content (AvgIpc) is 3.27. The largest absolute Gasteiger partial charge is 0.356 e. The van der Waals surface area contributed by atoms with Crippen LogP contribution >= 0.6 is 23.2 Å². The highest BCUT2D eigenvalue weighted by Crippen LogP contribution is 2.60. The quantitative estimate of drug-likeness (QED) is 0.208. The van der Waals surface area contributed by atoms with Crippen molar-refractivity contribution in [1.82, 2.24) is 24.7 Å². The van der Waals surface area contributed by atoms with E-state index >= 15 is 4.39 Å². The second-order valence-corrected chi connectivity index (χ2v) is 11.5. The van der Waals surface area contributed by atoms with E-state index in [0.29, 0.717) is 39.6 Å². The van der Waals surface area contributed by atoms with Crippen LogP contribution in [0.3, 0.4) is 0 Å². The fourth-order valence-corrected chi connectivity index (χ4v) is 6.74. The van der Waals surface area contributed by atoms with Crippen LogP contribution in [0.25, 0.3) is 33.4 Å². The van der Waals surface area contributed by atoms with Crippen molar-refractivity contribution in [3.05, 3.63) is 98.2 Å². The molecule has 1 fully saturated rings. The molecule has 3 aliphatic rings. The van der Waals surface area contributed by atoms with Gasteiger partial charge in [-0.1, -0.05) is 46.6 Å². The van der Waals surface area contributed by atoms with Gasteiger partial charge in [-0.05, 0) is 66.3 Å². The van der Waals surface area contributed by atoms with Gasteiger partial charge in [-0.3, -0.25) is 4.79 Å². The van der Waals surface area contributed by atoms with Crippen LogP contribution in [0.15, 0.2) is 75.0 Å². The van der Waals surface area contributed by atoms with E-state index in [0.717, 1.165) is 40.7 Å². The van der Waals surface area contributed by atoms with Gasteiger partial charge in [-0.15, -0.1) is 5.10 Å². The van der Waals surface area contributed by atoms with Crippen LogP contribution in [-0.2, 0) is 6.42 Å². The van der Waals surface area contributed by atoms with Crippen molar-refractivity contribution in [1.29, 1.82) is 0 Å². The summed E-state index contributed by atoms with van der Waals surface area (Å²) in [6.45, 7) is 2.01. The molecule has 5 heterocycles. The lowest BCUT2D eigenvalue weighted by molar-refractivity contribution is 0.447. The molecule has 204 valence electrons. The first-order valence-electron chi connectivity index (χ1n) is 13.4. The summed E-state index contributed by atoms with van der Waals surface area (Å²) in [7, 11) is 0. The molecule has 5 aromatic rings. The maximum Gasteiger partial charge on any atom is 0.251 e. The Kier molecular flexibility index (Phi) is 5.40. The van der Waals surface area contributed by atoms with Gasteiger partial charge in [0, 0.05) is 51.4 Å². The van der Waals surface area contributed by atoms with Gasteiger partial charge in [-0.25, -0.2) is 9.67 Å². The number of rotatable bonds is 5. The number of fused-ring (bicyclic) bond motifs is 4. The average molecular weight is 587 g/mol. The molecule has 2 aliphatic heterocycles. The van der Waals surface area contributed by atoms with Crippen LogP contribution in [0.1, 0.15) is 48.7 Å². The van der Waals surface area contributed by atoms with E-state index in [1.165, 1.54) is 0 Å². The number of aryl methyl sites for hydroxylation is 1. The topological polar surface area (TPSA) is 91.1 Å². The third-order valence-corrected chi connectivity index (χ3v) is 8.81. The second-order valence-electron chi connectivity index (χ2n) is 10.7. The summed E-state index contributed by atoms with van der Waals surface area (Å²) in [5.74, 6) is -0.0930. The monoisotopic (exact) mass is 586 g/mol. The van der Waals surface area contributed by atoms with Gasteiger partial charge in [0.15, 0.2) is 10.7 Å². The Morgan fingerprint density at radius 1 is 1.10 bits per heavy atom. The number of halogens is 3. The number of pyridine rings is 1. The fraction of sp³-hybridized carbons (Fsp3) is 0.233. The Hall–Kier alpha value is -4.08. The molecule has 0 radical (unpaired) electrons. The van der Waals surface area contributed by atoms with E-state index < -0.39 is 5.95 Å². The summed E-state index contributed by atoms with van der Waals surface area (Å²) in [5.41, 5.74) is 6.31. The van der Waals surface area contributed by atoms with Crippen molar-refractivity contribution < 1.29 is 8.91 Å². The van der Waals surface area contributed by atoms with E-state index in [1.807, 2.05) is 37.3 Å². The molecule has 41 heavy (non-hydrogen) atoms. The molecule has 0 bridgehead atoms. The molecular weight excluding hydrogens is 566 g/mol. The Morgan fingerprint density at radius 2 is 1.98 bits per heavy atom. The lowest BCUT2D eigenvalue weighted by Crippen LogP contribution is -2.29. The molecule has 3 atom stereocenters. The predicted octanol–water partition coefficient (Wildman–Crippen LogP) is 6.95. The van der Waals surface area contributed by atoms with Crippen molar-refractivity contribution >= 4 is 45.5 Å². The lowest BCUT2D eigenvalue weighted by atomic mass is 9.97. The number of nitrogens with zero attached hydrogens (tertiary/aromatic N) is 6. The summed E-state index contributed by atoms with van der Waals surface area (Å²) in [4.78, 5) is 18.0. The minimum Gasteiger partial charge on any atom is -0.356 e. The van der Waals surface area contributed by atoms with Crippen molar-refractivity contribution in [3.8, 4) is 16.8 Å². The number of benzene rings is 2. The Balaban J connectivity index is 1.14. The Morgan fingerprint density at radius 3 is 2.78 bits per heavy atom. The van der Waals surface area contributed by atoms with Gasteiger partial charge in [-0.2, -0.15) is 4.39 Å². The summed E-state index contributed by atoms with van der Waals surface area (Å²) in [6.07, 6.45) is 3.61. The van der Waals surface area contributed by atoms with Gasteiger partial charge in [0.1, 0.15) is 0 Å². The highest BCUT2D eigenvalue weighted by molar-refractivity contribution is 6.31. The number of aliphatic imine (C=N–C) groups is 1. The van der Waals surface area contributed by atoms with Gasteiger partial charge < -0.3 is 9.09 Å². The smallest absolute Gasteiger partial charge is 0.251 e. The number of hydrogen-bond donors (Lipinski definition) is 0. The highest BCUT2D eigenvalue weighted by Gasteiger charge is 2.55. The SMILES string of the molecule is CCc1noc2cc(C3=C(F)N=C(C4C5CC5c5cc(-c6cc(Cl)ccc6-n6cc(Cl)nn6)cc(=O)n54)C3)ccc12. The molecule has 3 unspecified atom stereocenters. The molecule has 2 aromatic carbocycles. The van der Waals surface area contributed by atoms with E-state index in [9.17, 15) is 4.79 Å². The maximum absolute atomic E-state index is 15.3. The lowest BCUT2D eigenvalue weighted by Gasteiger charge is -2.20. The highest BCUT2D eigenvalue weighted by atomic mass is 35.5. The molecule has 0 amide bonds. The first kappa shape index (κ1) is 24.7. The van der Waals surface area contributed by atoms with Crippen LogP contribution in [0.4, 0.5) is 4.39 Å². The molecule has 8 nitrogen and oxygen atoms in total. The maximum atomic E-state index is 15.3. The van der Waals surface area contributed by atoms with E-state index in [2.05, 4.69) is 20.5 Å². The van der Waals surface area contributed by atoms with Gasteiger partial charge in [0.05, 0.1) is 23.6 Å². The van der Waals surface area contributed by atoms with Gasteiger partial charge >= 0.3 is 0 Å². The molecule has 0 saturated heterocycles. The standard InChI is InChI=1S/C30H21Cl2FN6O2/c1-2-22-17-5-3-14(8-26(17)41-36-22)19-12-23(34-30(19)33)29-21-11-20(21)25-7-15(9-28(40)39(25)29)18-10-16(31)4-6-24(18)38-13-27(32)35-37-38/h3-10,13,20-21,29H,2,11-12H2,1H3. The zero-order valence-corrected chi connectivity index (χ0v) is 23.2. The summed E-state index contributed by atoms with van der Waals surface area (Å²) < 4.78 is 24.2. The minimum atomic E-state index is -0.514. The number of aromatic nitrogens is 5. The van der Waals surface area contributed by atoms with Crippen LogP contribution in [0, 0.1) is 5.92 Å². The van der Waals surface area contributed by atoms with Crippen LogP contribution < -0.4 is 5.56 Å². The molecule has 11 heteroatoms. The fourth-order valence-electron chi connectivity index (χ4n) is 6.44. The molecule has 0 N–H and O–H groups in total. The Labute approximate surface area is 242 Å². The zero-order valence-electron chi connectivity index (χ0n) is 21.7. The number of hydrogen-bond acceptors (Lipinski definition) is 6. The summed E-state index contributed by atoms with van der Waals surface area (Å²) in [5, 5.41) is 13.8. The van der Waals surface area contributed by atoms with Crippen LogP contribution in [0.5, 0.6) is 0 Å². The molecule has 0 spiro atoms. The third-order valence-electron chi connectivity index (χ3n) is 8.40. The second kappa shape index (κ2) is 8.96. The minimum absolute atomic E-state index is 0.163.